The number of carbonyl (C=O) groups is 1. The van der Waals surface area contributed by atoms with Gasteiger partial charge in [0.1, 0.15) is 11.3 Å². The number of nitrogens with one attached hydrogen (secondary N) is 1. The highest BCUT2D eigenvalue weighted by atomic mass is 19.4. The van der Waals surface area contributed by atoms with Crippen molar-refractivity contribution in [3.8, 4) is 0 Å². The number of alkyl halides is 6. The zero-order chi connectivity index (χ0) is 18.3. The van der Waals surface area contributed by atoms with Crippen LogP contribution in [-0.4, -0.2) is 15.7 Å². The molecule has 2 heterocycles. The van der Waals surface area contributed by atoms with E-state index in [1.54, 1.807) is 0 Å². The molecule has 0 aliphatic carbocycles. The minimum Gasteiger partial charge on any atom is -0.469 e. The fourth-order valence-corrected chi connectivity index (χ4v) is 2.12. The second-order valence-electron chi connectivity index (χ2n) is 4.88. The molecule has 1 N–H and O–H groups in total. The molecule has 0 spiro atoms. The molecule has 0 aliphatic rings. The van der Waals surface area contributed by atoms with Crippen LogP contribution in [0.25, 0.3) is 0 Å². The van der Waals surface area contributed by atoms with Gasteiger partial charge in [-0.1, -0.05) is 0 Å². The minimum atomic E-state index is -5.21. The summed E-state index contributed by atoms with van der Waals surface area (Å²) in [6.07, 6.45) is -9.11. The van der Waals surface area contributed by atoms with E-state index < -0.39 is 35.2 Å². The number of hydrogen-bond donors (Lipinski definition) is 1. The highest BCUT2D eigenvalue weighted by Gasteiger charge is 2.48. The van der Waals surface area contributed by atoms with Crippen LogP contribution in [0.5, 0.6) is 0 Å². The summed E-state index contributed by atoms with van der Waals surface area (Å²) in [7, 11) is 0.690. The number of nitrogens with zero attached hydrogens (tertiary/aromatic N) is 2. The van der Waals surface area contributed by atoms with E-state index in [1.807, 2.05) is 5.32 Å². The minimum absolute atomic E-state index is 0.000830. The summed E-state index contributed by atoms with van der Waals surface area (Å²) < 4.78 is 82.8. The largest absolute Gasteiger partial charge is 0.469 e. The molecule has 0 aliphatic heterocycles. The Morgan fingerprint density at radius 3 is 2.33 bits per heavy atom. The standard InChI is InChI=1S/C13H11F6N3O2/c1-6-7(3-4-24-6)5-20-11(23)8-9(12(14,15)16)21-22(2)10(8)13(17,18)19/h3-4H,5H2,1-2H3,(H,20,23). The Kier molecular flexibility index (Phi) is 4.38. The number of rotatable bonds is 3. The lowest BCUT2D eigenvalue weighted by atomic mass is 10.1. The van der Waals surface area contributed by atoms with Crippen LogP contribution in [0.1, 0.15) is 33.1 Å². The van der Waals surface area contributed by atoms with Gasteiger partial charge in [0.2, 0.25) is 0 Å². The summed E-state index contributed by atoms with van der Waals surface area (Å²) in [4.78, 5) is 12.0. The fourth-order valence-electron chi connectivity index (χ4n) is 2.12. The molecule has 0 bridgehead atoms. The van der Waals surface area contributed by atoms with Crippen LogP contribution < -0.4 is 5.32 Å². The molecular formula is C13H11F6N3O2. The molecule has 0 saturated heterocycles. The van der Waals surface area contributed by atoms with Gasteiger partial charge < -0.3 is 9.73 Å². The van der Waals surface area contributed by atoms with Crippen LogP contribution in [0, 0.1) is 6.92 Å². The maximum atomic E-state index is 13.0. The Balaban J connectivity index is 2.43. The van der Waals surface area contributed by atoms with Gasteiger partial charge in [-0.05, 0) is 13.0 Å². The van der Waals surface area contributed by atoms with Crippen molar-refractivity contribution >= 4 is 5.91 Å². The van der Waals surface area contributed by atoms with Gasteiger partial charge in [0.25, 0.3) is 5.91 Å². The molecule has 24 heavy (non-hydrogen) atoms. The van der Waals surface area contributed by atoms with E-state index in [1.165, 1.54) is 19.3 Å². The van der Waals surface area contributed by atoms with Crippen molar-refractivity contribution in [1.82, 2.24) is 15.1 Å². The summed E-state index contributed by atoms with van der Waals surface area (Å²) in [5.74, 6) is -1.14. The Hall–Kier alpha value is -2.46. The van der Waals surface area contributed by atoms with Gasteiger partial charge in [-0.3, -0.25) is 9.48 Å². The predicted octanol–water partition coefficient (Wildman–Crippen LogP) is 3.29. The molecule has 1 amide bonds. The van der Waals surface area contributed by atoms with E-state index in [-0.39, 0.29) is 11.2 Å². The van der Waals surface area contributed by atoms with Gasteiger partial charge in [0.15, 0.2) is 11.4 Å². The van der Waals surface area contributed by atoms with Gasteiger partial charge in [0, 0.05) is 19.2 Å². The van der Waals surface area contributed by atoms with Crippen molar-refractivity contribution < 1.29 is 35.6 Å². The van der Waals surface area contributed by atoms with Gasteiger partial charge >= 0.3 is 12.4 Å². The van der Waals surface area contributed by atoms with Crippen molar-refractivity contribution in [2.45, 2.75) is 25.8 Å². The molecule has 5 nitrogen and oxygen atoms in total. The third-order valence-electron chi connectivity index (χ3n) is 3.22. The molecule has 0 atom stereocenters. The third kappa shape index (κ3) is 3.39. The zero-order valence-electron chi connectivity index (χ0n) is 12.3. The highest BCUT2D eigenvalue weighted by molar-refractivity contribution is 5.96. The predicted molar refractivity (Wildman–Crippen MR) is 67.8 cm³/mol. The molecule has 0 aromatic carbocycles. The summed E-state index contributed by atoms with van der Waals surface area (Å²) in [5, 5.41) is 4.85. The molecule has 2 rings (SSSR count). The molecule has 2 aromatic rings. The average Bonchev–Trinajstić information content (AvgIpc) is 2.98. The van der Waals surface area contributed by atoms with Crippen LogP contribution in [0.4, 0.5) is 26.3 Å². The smallest absolute Gasteiger partial charge is 0.435 e. The number of halogens is 6. The molecule has 0 fully saturated rings. The van der Waals surface area contributed by atoms with Crippen molar-refractivity contribution in [3.63, 3.8) is 0 Å². The topological polar surface area (TPSA) is 60.1 Å². The first-order valence-electron chi connectivity index (χ1n) is 6.45. The van der Waals surface area contributed by atoms with E-state index in [0.717, 1.165) is 0 Å². The lowest BCUT2D eigenvalue weighted by molar-refractivity contribution is -0.144. The van der Waals surface area contributed by atoms with E-state index in [2.05, 4.69) is 5.10 Å². The third-order valence-corrected chi connectivity index (χ3v) is 3.22. The summed E-state index contributed by atoms with van der Waals surface area (Å²) in [6, 6.07) is 1.44. The number of aryl methyl sites for hydroxylation is 2. The van der Waals surface area contributed by atoms with Crippen molar-refractivity contribution in [2.75, 3.05) is 0 Å². The van der Waals surface area contributed by atoms with Gasteiger partial charge in [-0.15, -0.1) is 0 Å². The quantitative estimate of drug-likeness (QED) is 0.860. The summed E-state index contributed by atoms with van der Waals surface area (Å²) in [6.45, 7) is 1.25. The lowest BCUT2D eigenvalue weighted by Gasteiger charge is -2.11. The zero-order valence-corrected chi connectivity index (χ0v) is 12.3. The van der Waals surface area contributed by atoms with Crippen molar-refractivity contribution in [1.29, 1.82) is 0 Å². The van der Waals surface area contributed by atoms with Gasteiger partial charge in [-0.2, -0.15) is 31.4 Å². The molecule has 2 aromatic heterocycles. The molecular weight excluding hydrogens is 344 g/mol. The number of aromatic nitrogens is 2. The highest BCUT2D eigenvalue weighted by Crippen LogP contribution is 2.38. The maximum absolute atomic E-state index is 13.0. The van der Waals surface area contributed by atoms with Crippen LogP contribution in [-0.2, 0) is 25.9 Å². The molecule has 0 saturated carbocycles. The SMILES string of the molecule is Cc1occc1CNC(=O)c1c(C(F)(F)F)nn(C)c1C(F)(F)F. The van der Waals surface area contributed by atoms with Gasteiger partial charge in [0.05, 0.1) is 6.26 Å². The van der Waals surface area contributed by atoms with E-state index in [0.29, 0.717) is 18.4 Å². The average molecular weight is 355 g/mol. The monoisotopic (exact) mass is 355 g/mol. The summed E-state index contributed by atoms with van der Waals surface area (Å²) >= 11 is 0. The maximum Gasteiger partial charge on any atom is 0.435 e. The molecule has 132 valence electrons. The Morgan fingerprint density at radius 1 is 1.25 bits per heavy atom. The van der Waals surface area contributed by atoms with Gasteiger partial charge in [-0.25, -0.2) is 0 Å². The first-order chi connectivity index (χ1) is 10.9. The Bertz CT molecular complexity index is 757. The first-order valence-corrected chi connectivity index (χ1v) is 6.45. The Labute approximate surface area is 131 Å². The number of hydrogen-bond acceptors (Lipinski definition) is 3. The normalized spacial score (nSPS) is 12.5. The van der Waals surface area contributed by atoms with Crippen molar-refractivity contribution in [2.24, 2.45) is 7.05 Å². The number of furan rings is 1. The lowest BCUT2D eigenvalue weighted by Crippen LogP contribution is -2.28. The van der Waals surface area contributed by atoms with Crippen LogP contribution in [0.2, 0.25) is 0 Å². The fraction of sp³-hybridized carbons (Fsp3) is 0.385. The Morgan fingerprint density at radius 2 is 1.88 bits per heavy atom. The number of amides is 1. The second kappa shape index (κ2) is 5.87. The van der Waals surface area contributed by atoms with Crippen LogP contribution in [0.15, 0.2) is 16.7 Å². The van der Waals surface area contributed by atoms with Crippen LogP contribution >= 0.6 is 0 Å². The van der Waals surface area contributed by atoms with E-state index in [4.69, 9.17) is 4.42 Å². The number of carbonyl (C=O) groups excluding carboxylic acids is 1. The van der Waals surface area contributed by atoms with Crippen LogP contribution in [0.3, 0.4) is 0 Å². The molecule has 0 unspecified atom stereocenters. The van der Waals surface area contributed by atoms with E-state index >= 15 is 0 Å². The first kappa shape index (κ1) is 17.9. The summed E-state index contributed by atoms with van der Waals surface area (Å²) in [5.41, 5.74) is -4.79. The second-order valence-corrected chi connectivity index (χ2v) is 4.88. The van der Waals surface area contributed by atoms with E-state index in [9.17, 15) is 31.1 Å². The molecule has 11 heteroatoms. The molecule has 0 radical (unpaired) electrons. The van der Waals surface area contributed by atoms with Crippen molar-refractivity contribution in [3.05, 3.63) is 40.6 Å².